The van der Waals surface area contributed by atoms with E-state index in [4.69, 9.17) is 27.8 Å². The fourth-order valence-electron chi connectivity index (χ4n) is 6.05. The van der Waals surface area contributed by atoms with Crippen molar-refractivity contribution >= 4 is 7.82 Å². The van der Waals surface area contributed by atoms with E-state index in [0.29, 0.717) is 6.61 Å². The van der Waals surface area contributed by atoms with Gasteiger partial charge in [0.05, 0.1) is 25.9 Å². The Morgan fingerprint density at radius 2 is 1.21 bits per heavy atom. The van der Waals surface area contributed by atoms with Crippen LogP contribution in [0.1, 0.15) is 55.2 Å². The van der Waals surface area contributed by atoms with Gasteiger partial charge in [-0.05, 0) is 29.5 Å². The number of aliphatic hydroxyl groups excluding tert-OH is 1. The summed E-state index contributed by atoms with van der Waals surface area (Å²) in [7, 11) is -4.12. The summed E-state index contributed by atoms with van der Waals surface area (Å²) in [5.41, 5.74) is 2.67. The number of hydrogen-bond acceptors (Lipinski definition) is 8. The average molecular weight is 595 g/mol. The molecule has 0 amide bonds. The quantitative estimate of drug-likeness (QED) is 0.245. The molecule has 3 fully saturated rings. The number of phosphoric ester groups is 1. The van der Waals surface area contributed by atoms with Crippen molar-refractivity contribution in [1.29, 1.82) is 0 Å². The predicted octanol–water partition coefficient (Wildman–Crippen LogP) is 6.71. The second-order valence-corrected chi connectivity index (χ2v) is 12.9. The molecule has 3 aromatic rings. The molecule has 1 aliphatic heterocycles. The topological polar surface area (TPSA) is 92.7 Å². The maximum absolute atomic E-state index is 14.2. The molecule has 0 bridgehead atoms. The second-order valence-electron chi connectivity index (χ2n) is 11.3. The summed E-state index contributed by atoms with van der Waals surface area (Å²) < 4.78 is 51.8. The van der Waals surface area contributed by atoms with E-state index in [1.807, 2.05) is 91.0 Å². The summed E-state index contributed by atoms with van der Waals surface area (Å²) in [4.78, 5) is 0. The van der Waals surface area contributed by atoms with Crippen molar-refractivity contribution in [2.24, 2.45) is 0 Å². The Kier molecular flexibility index (Phi) is 9.54. The van der Waals surface area contributed by atoms with Crippen LogP contribution in [0.25, 0.3) is 0 Å². The highest BCUT2D eigenvalue weighted by Crippen LogP contribution is 2.55. The monoisotopic (exact) mass is 594 g/mol. The first-order valence-corrected chi connectivity index (χ1v) is 16.3. The van der Waals surface area contributed by atoms with E-state index in [1.165, 1.54) is 0 Å². The molecule has 224 valence electrons. The van der Waals surface area contributed by atoms with Crippen molar-refractivity contribution in [3.63, 3.8) is 0 Å². The summed E-state index contributed by atoms with van der Waals surface area (Å²) in [6.45, 7) is 0.410. The van der Waals surface area contributed by atoms with Gasteiger partial charge in [0.15, 0.2) is 5.79 Å². The molecule has 9 heteroatoms. The van der Waals surface area contributed by atoms with Gasteiger partial charge in [-0.25, -0.2) is 4.57 Å². The SMILES string of the molecule is O=P(OCc1ccccc1)(OCc1ccccc1)O[C@H]1C[C@@H](O)[C@H](OCc2ccccc2)[C@H]2OC3(CCCCC3)O[C@H]21. The average Bonchev–Trinajstić information content (AvgIpc) is 3.39. The molecule has 1 heterocycles. The lowest BCUT2D eigenvalue weighted by molar-refractivity contribution is -0.206. The third-order valence-electron chi connectivity index (χ3n) is 8.20. The van der Waals surface area contributed by atoms with Crippen LogP contribution < -0.4 is 0 Å². The maximum atomic E-state index is 14.2. The number of fused-ring (bicyclic) bond motifs is 1. The number of rotatable bonds is 11. The molecule has 3 aromatic carbocycles. The number of hydrogen-bond donors (Lipinski definition) is 1. The zero-order chi connectivity index (χ0) is 28.8. The number of aliphatic hydroxyl groups is 1. The zero-order valence-corrected chi connectivity index (χ0v) is 24.6. The van der Waals surface area contributed by atoms with Crippen LogP contribution in [-0.4, -0.2) is 41.4 Å². The van der Waals surface area contributed by atoms with Gasteiger partial charge in [0, 0.05) is 19.3 Å². The smallest absolute Gasteiger partial charge is 0.390 e. The largest absolute Gasteiger partial charge is 0.475 e. The number of benzene rings is 3. The summed E-state index contributed by atoms with van der Waals surface area (Å²) in [5, 5.41) is 11.4. The van der Waals surface area contributed by atoms with Crippen molar-refractivity contribution in [3.8, 4) is 0 Å². The highest BCUT2D eigenvalue weighted by molar-refractivity contribution is 7.48. The molecule has 1 spiro atoms. The minimum absolute atomic E-state index is 0.0420. The fraction of sp³-hybridized carbons (Fsp3) is 0.455. The Bertz CT molecular complexity index is 1250. The summed E-state index contributed by atoms with van der Waals surface area (Å²) in [5.74, 6) is -0.770. The number of ether oxygens (including phenoxy) is 3. The van der Waals surface area contributed by atoms with E-state index < -0.39 is 44.1 Å². The van der Waals surface area contributed by atoms with Crippen LogP contribution in [0.4, 0.5) is 0 Å². The van der Waals surface area contributed by atoms with Crippen LogP contribution >= 0.6 is 7.82 Å². The fourth-order valence-corrected chi connectivity index (χ4v) is 7.39. The van der Waals surface area contributed by atoms with E-state index in [-0.39, 0.29) is 19.6 Å². The van der Waals surface area contributed by atoms with Gasteiger partial charge in [-0.15, -0.1) is 0 Å². The van der Waals surface area contributed by atoms with Crippen LogP contribution in [0.5, 0.6) is 0 Å². The first-order chi connectivity index (χ1) is 20.5. The summed E-state index contributed by atoms with van der Waals surface area (Å²) in [6, 6.07) is 28.7. The molecule has 6 rings (SSSR count). The normalized spacial score (nSPS) is 27.1. The molecule has 0 aromatic heterocycles. The predicted molar refractivity (Wildman–Crippen MR) is 156 cm³/mol. The molecule has 5 atom stereocenters. The van der Waals surface area contributed by atoms with Crippen LogP contribution in [0.2, 0.25) is 0 Å². The first-order valence-electron chi connectivity index (χ1n) is 14.9. The van der Waals surface area contributed by atoms with Gasteiger partial charge in [-0.2, -0.15) is 0 Å². The Hall–Kier alpha value is -2.39. The van der Waals surface area contributed by atoms with E-state index in [2.05, 4.69) is 0 Å². The molecule has 1 N–H and O–H groups in total. The molecule has 0 radical (unpaired) electrons. The van der Waals surface area contributed by atoms with Crippen molar-refractivity contribution in [3.05, 3.63) is 108 Å². The molecular weight excluding hydrogens is 555 g/mol. The van der Waals surface area contributed by atoms with Gasteiger partial charge < -0.3 is 19.3 Å². The molecule has 2 saturated carbocycles. The third kappa shape index (κ3) is 7.21. The van der Waals surface area contributed by atoms with Gasteiger partial charge in [-0.3, -0.25) is 13.6 Å². The number of phosphoric acid groups is 1. The highest BCUT2D eigenvalue weighted by atomic mass is 31.2. The molecule has 3 aliphatic rings. The molecular formula is C33H39O8P. The van der Waals surface area contributed by atoms with E-state index in [0.717, 1.165) is 48.8 Å². The molecule has 0 unspecified atom stereocenters. The molecule has 8 nitrogen and oxygen atoms in total. The Morgan fingerprint density at radius 1 is 0.714 bits per heavy atom. The minimum Gasteiger partial charge on any atom is -0.390 e. The molecule has 42 heavy (non-hydrogen) atoms. The minimum atomic E-state index is -4.12. The van der Waals surface area contributed by atoms with Crippen LogP contribution in [-0.2, 0) is 52.2 Å². The summed E-state index contributed by atoms with van der Waals surface area (Å²) >= 11 is 0. The van der Waals surface area contributed by atoms with Gasteiger partial charge in [0.1, 0.15) is 24.4 Å². The van der Waals surface area contributed by atoms with Gasteiger partial charge >= 0.3 is 7.82 Å². The summed E-state index contributed by atoms with van der Waals surface area (Å²) in [6.07, 6.45) is 1.17. The zero-order valence-electron chi connectivity index (χ0n) is 23.7. The second kappa shape index (κ2) is 13.5. The highest BCUT2D eigenvalue weighted by Gasteiger charge is 2.59. The third-order valence-corrected chi connectivity index (χ3v) is 9.62. The van der Waals surface area contributed by atoms with Crippen LogP contribution in [0.15, 0.2) is 91.0 Å². The van der Waals surface area contributed by atoms with Gasteiger partial charge in [0.25, 0.3) is 0 Å². The Labute approximate surface area is 247 Å². The van der Waals surface area contributed by atoms with Crippen molar-refractivity contribution in [2.75, 3.05) is 0 Å². The van der Waals surface area contributed by atoms with Crippen LogP contribution in [0.3, 0.4) is 0 Å². The maximum Gasteiger partial charge on any atom is 0.475 e. The Balaban J connectivity index is 1.22. The lowest BCUT2D eigenvalue weighted by Gasteiger charge is -2.40. The van der Waals surface area contributed by atoms with E-state index in [1.54, 1.807) is 0 Å². The molecule has 1 saturated heterocycles. The lowest BCUT2D eigenvalue weighted by atomic mass is 9.87. The van der Waals surface area contributed by atoms with E-state index >= 15 is 0 Å². The standard InChI is InChI=1S/C33H39O8P/c34-28-21-29(41-42(35,37-23-26-15-7-2-8-16-26)38-24-27-17-9-3-10-18-27)31-32(40-33(39-31)19-11-4-12-20-33)30(28)36-22-25-13-5-1-6-14-25/h1-3,5-10,13-18,28-32,34H,4,11-12,19-24H2/t28-,29+,30+,31+,32-/m1/s1. The van der Waals surface area contributed by atoms with Crippen molar-refractivity contribution in [1.82, 2.24) is 0 Å². The van der Waals surface area contributed by atoms with Gasteiger partial charge in [-0.1, -0.05) is 97.4 Å². The van der Waals surface area contributed by atoms with Crippen molar-refractivity contribution in [2.45, 2.75) is 94.7 Å². The van der Waals surface area contributed by atoms with Crippen LogP contribution in [0, 0.1) is 0 Å². The van der Waals surface area contributed by atoms with Gasteiger partial charge in [0.2, 0.25) is 0 Å². The van der Waals surface area contributed by atoms with Crippen molar-refractivity contribution < 1.29 is 37.5 Å². The lowest BCUT2D eigenvalue weighted by Crippen LogP contribution is -2.56. The Morgan fingerprint density at radius 3 is 1.76 bits per heavy atom. The molecule has 2 aliphatic carbocycles. The first kappa shape index (κ1) is 29.7. The van der Waals surface area contributed by atoms with E-state index in [9.17, 15) is 9.67 Å².